The Hall–Kier alpha value is 0.550. The number of aldehydes is 1. The number of alkyl halides is 2. The zero-order valence-corrected chi connectivity index (χ0v) is 13.0. The fourth-order valence-corrected chi connectivity index (χ4v) is 3.50. The molecule has 0 aromatic carbocycles. The maximum Gasteiger partial charge on any atom is 0.122 e. The highest BCUT2D eigenvalue weighted by molar-refractivity contribution is 9.09. The van der Waals surface area contributed by atoms with Gasteiger partial charge < -0.3 is 14.3 Å². The Kier molecular flexibility index (Phi) is 5.04. The molecule has 0 aromatic heterocycles. The summed E-state index contributed by atoms with van der Waals surface area (Å²) in [5.74, 6) is 0. The van der Waals surface area contributed by atoms with Gasteiger partial charge in [0.25, 0.3) is 0 Å². The molecule has 5 heteroatoms. The van der Waals surface area contributed by atoms with Crippen LogP contribution in [-0.4, -0.2) is 40.4 Å². The van der Waals surface area contributed by atoms with Crippen LogP contribution in [0.5, 0.6) is 0 Å². The molecule has 3 aliphatic heterocycles. The van der Waals surface area contributed by atoms with Crippen molar-refractivity contribution in [2.45, 2.75) is 66.7 Å². The summed E-state index contributed by atoms with van der Waals surface area (Å²) < 4.78 is 11.8. The highest BCUT2D eigenvalue weighted by atomic mass is 79.9. The number of hydrogen-bond acceptors (Lipinski definition) is 3. The smallest absolute Gasteiger partial charge is 0.122 e. The largest absolute Gasteiger partial charge is 0.371 e. The lowest BCUT2D eigenvalue weighted by atomic mass is 9.91. The standard InChI is InChI=1S/C12H18Br2O3/c1-2-7(13)10-5-8(14)11-6-12(17-11)9(16-10)3-4-15/h4,7-12H,2-3,5-6H2,1H3. The van der Waals surface area contributed by atoms with E-state index < -0.39 is 0 Å². The highest BCUT2D eigenvalue weighted by Crippen LogP contribution is 2.38. The second-order valence-electron chi connectivity index (χ2n) is 4.74. The van der Waals surface area contributed by atoms with Gasteiger partial charge in [-0.25, -0.2) is 0 Å². The first-order valence-electron chi connectivity index (χ1n) is 6.18. The van der Waals surface area contributed by atoms with E-state index in [1.807, 2.05) is 0 Å². The van der Waals surface area contributed by atoms with Crippen LogP contribution in [0.2, 0.25) is 0 Å². The maximum atomic E-state index is 10.7. The van der Waals surface area contributed by atoms with E-state index in [0.717, 1.165) is 25.5 Å². The fraction of sp³-hybridized carbons (Fsp3) is 0.917. The van der Waals surface area contributed by atoms with Crippen LogP contribution in [0.25, 0.3) is 0 Å². The summed E-state index contributed by atoms with van der Waals surface area (Å²) >= 11 is 7.34. The molecule has 98 valence electrons. The number of carbonyl (C=O) groups excluding carboxylic acids is 1. The average Bonchev–Trinajstić information content (AvgIpc) is 2.22. The molecule has 17 heavy (non-hydrogen) atoms. The lowest BCUT2D eigenvalue weighted by Gasteiger charge is -2.47. The van der Waals surface area contributed by atoms with Gasteiger partial charge in [-0.1, -0.05) is 38.8 Å². The van der Waals surface area contributed by atoms with Crippen LogP contribution in [0.15, 0.2) is 0 Å². The molecular weight excluding hydrogens is 352 g/mol. The van der Waals surface area contributed by atoms with E-state index in [2.05, 4.69) is 38.8 Å². The zero-order chi connectivity index (χ0) is 12.4. The van der Waals surface area contributed by atoms with Gasteiger partial charge >= 0.3 is 0 Å². The van der Waals surface area contributed by atoms with E-state index in [1.165, 1.54) is 0 Å². The minimum atomic E-state index is -0.0691. The number of halogens is 2. The molecule has 0 amide bonds. The summed E-state index contributed by atoms with van der Waals surface area (Å²) in [4.78, 5) is 11.4. The lowest BCUT2D eigenvalue weighted by molar-refractivity contribution is -0.214. The molecule has 0 N–H and O–H groups in total. The molecule has 6 unspecified atom stereocenters. The van der Waals surface area contributed by atoms with Crippen LogP contribution in [0.1, 0.15) is 32.6 Å². The van der Waals surface area contributed by atoms with E-state index >= 15 is 0 Å². The third kappa shape index (κ3) is 3.11. The minimum Gasteiger partial charge on any atom is -0.371 e. The van der Waals surface area contributed by atoms with E-state index in [1.54, 1.807) is 0 Å². The van der Waals surface area contributed by atoms with Crippen LogP contribution in [0.3, 0.4) is 0 Å². The van der Waals surface area contributed by atoms with Crippen molar-refractivity contribution in [2.75, 3.05) is 0 Å². The molecule has 3 saturated heterocycles. The van der Waals surface area contributed by atoms with E-state index in [4.69, 9.17) is 9.47 Å². The minimum absolute atomic E-state index is 0.0691. The van der Waals surface area contributed by atoms with E-state index in [0.29, 0.717) is 16.1 Å². The van der Waals surface area contributed by atoms with Crippen molar-refractivity contribution < 1.29 is 14.3 Å². The Morgan fingerprint density at radius 3 is 2.65 bits per heavy atom. The summed E-state index contributed by atoms with van der Waals surface area (Å²) in [6.45, 7) is 2.14. The lowest BCUT2D eigenvalue weighted by Crippen LogP contribution is -2.55. The van der Waals surface area contributed by atoms with Crippen molar-refractivity contribution in [3.63, 3.8) is 0 Å². The summed E-state index contributed by atoms with van der Waals surface area (Å²) in [6.07, 6.45) is 4.79. The molecule has 2 bridgehead atoms. The molecule has 0 aliphatic carbocycles. The Morgan fingerprint density at radius 2 is 2.06 bits per heavy atom. The van der Waals surface area contributed by atoms with Gasteiger partial charge in [-0.05, 0) is 12.8 Å². The van der Waals surface area contributed by atoms with Gasteiger partial charge in [0.2, 0.25) is 0 Å². The average molecular weight is 370 g/mol. The van der Waals surface area contributed by atoms with Gasteiger partial charge in [-0.15, -0.1) is 0 Å². The van der Waals surface area contributed by atoms with Gasteiger partial charge in [0, 0.05) is 22.5 Å². The van der Waals surface area contributed by atoms with Gasteiger partial charge in [0.1, 0.15) is 6.29 Å². The topological polar surface area (TPSA) is 35.5 Å². The van der Waals surface area contributed by atoms with Crippen molar-refractivity contribution in [3.8, 4) is 0 Å². The van der Waals surface area contributed by atoms with Gasteiger partial charge in [-0.3, -0.25) is 0 Å². The van der Waals surface area contributed by atoms with Crippen molar-refractivity contribution in [1.29, 1.82) is 0 Å². The highest BCUT2D eigenvalue weighted by Gasteiger charge is 2.45. The number of hydrogen-bond donors (Lipinski definition) is 0. The molecule has 3 heterocycles. The van der Waals surface area contributed by atoms with Gasteiger partial charge in [0.15, 0.2) is 0 Å². The maximum absolute atomic E-state index is 10.7. The van der Waals surface area contributed by atoms with Crippen molar-refractivity contribution in [3.05, 3.63) is 0 Å². The first-order chi connectivity index (χ1) is 8.15. The van der Waals surface area contributed by atoms with Crippen molar-refractivity contribution in [2.24, 2.45) is 0 Å². The number of carbonyl (C=O) groups is 1. The fourth-order valence-electron chi connectivity index (χ4n) is 2.45. The summed E-state index contributed by atoms with van der Waals surface area (Å²) in [5.41, 5.74) is 0. The Morgan fingerprint density at radius 1 is 1.35 bits per heavy atom. The molecule has 0 spiro atoms. The summed E-state index contributed by atoms with van der Waals surface area (Å²) in [7, 11) is 0. The third-order valence-electron chi connectivity index (χ3n) is 3.56. The third-order valence-corrected chi connectivity index (χ3v) is 5.76. The molecule has 3 nitrogen and oxygen atoms in total. The molecule has 3 aliphatic rings. The van der Waals surface area contributed by atoms with Crippen LogP contribution >= 0.6 is 31.9 Å². The predicted octanol–water partition coefficient (Wildman–Crippen LogP) is 2.83. The van der Waals surface area contributed by atoms with E-state index in [9.17, 15) is 4.79 Å². The Balaban J connectivity index is 2.04. The van der Waals surface area contributed by atoms with E-state index in [-0.39, 0.29) is 24.4 Å². The molecule has 3 fully saturated rings. The first-order valence-corrected chi connectivity index (χ1v) is 8.01. The summed E-state index contributed by atoms with van der Waals surface area (Å²) in [5, 5.41) is 0. The van der Waals surface area contributed by atoms with Crippen LogP contribution in [-0.2, 0) is 14.3 Å². The SMILES string of the molecule is CCC(Br)C1CC(Br)C2CC(O2)C(CC=O)O1. The normalized spacial score (nSPS) is 43.1. The Bertz CT molecular complexity index is 268. The molecule has 0 aromatic rings. The number of fused-ring (bicyclic) bond motifs is 4. The first kappa shape index (κ1) is 14.0. The zero-order valence-electron chi connectivity index (χ0n) is 9.85. The molecule has 0 saturated carbocycles. The monoisotopic (exact) mass is 368 g/mol. The van der Waals surface area contributed by atoms with Crippen molar-refractivity contribution >= 4 is 38.1 Å². The Labute approximate surface area is 119 Å². The second kappa shape index (κ2) is 6.13. The molecule has 0 radical (unpaired) electrons. The number of ether oxygens (including phenoxy) is 2. The van der Waals surface area contributed by atoms with Crippen molar-refractivity contribution in [1.82, 2.24) is 0 Å². The quantitative estimate of drug-likeness (QED) is 0.564. The van der Waals surface area contributed by atoms with Gasteiger partial charge in [-0.2, -0.15) is 0 Å². The second-order valence-corrected chi connectivity index (χ2v) is 7.09. The van der Waals surface area contributed by atoms with Gasteiger partial charge in [0.05, 0.1) is 24.4 Å². The summed E-state index contributed by atoms with van der Waals surface area (Å²) in [6, 6.07) is 0. The van der Waals surface area contributed by atoms with Crippen LogP contribution < -0.4 is 0 Å². The predicted molar refractivity (Wildman–Crippen MR) is 73.0 cm³/mol. The van der Waals surface area contributed by atoms with Crippen LogP contribution in [0, 0.1) is 0 Å². The molecule has 3 rings (SSSR count). The molecule has 6 atom stereocenters. The number of rotatable bonds is 4. The van der Waals surface area contributed by atoms with Crippen LogP contribution in [0.4, 0.5) is 0 Å². The molecular formula is C12H18Br2O3.